The van der Waals surface area contributed by atoms with Crippen molar-refractivity contribution in [1.82, 2.24) is 14.9 Å². The van der Waals surface area contributed by atoms with Crippen molar-refractivity contribution >= 4 is 49.1 Å². The Hall–Kier alpha value is -3.56. The zero-order valence-electron chi connectivity index (χ0n) is 26.6. The lowest BCUT2D eigenvalue weighted by atomic mass is 9.85. The standard InChI is InChI=1S/C35H40FN7O2S/c1-4-22-28(23-7-8-27(36)32-29(23)24(11-37)33(38)46-32)25-16-45-17-26(25)30-31(22)39-35(42-10-9-18(2)12-42)40-34(30)43-20-5-6-21(43)15-41(14-20)13-19(3)44/h7-8,18-21,44H,4-6,9-10,12-17,38H2,1-3H3. The summed E-state index contributed by atoms with van der Waals surface area (Å²) in [6, 6.07) is 6.15. The van der Waals surface area contributed by atoms with Crippen LogP contribution in [0.5, 0.6) is 0 Å². The Morgan fingerprint density at radius 3 is 2.57 bits per heavy atom. The summed E-state index contributed by atoms with van der Waals surface area (Å²) in [5, 5.41) is 22.2. The van der Waals surface area contributed by atoms with Crippen LogP contribution in [0.15, 0.2) is 12.1 Å². The highest BCUT2D eigenvalue weighted by Crippen LogP contribution is 2.49. The lowest BCUT2D eigenvalue weighted by Gasteiger charge is -2.43. The molecule has 0 radical (unpaired) electrons. The van der Waals surface area contributed by atoms with Crippen molar-refractivity contribution in [3.05, 3.63) is 40.2 Å². The minimum atomic E-state index is -0.371. The molecular weight excluding hydrogens is 601 g/mol. The van der Waals surface area contributed by atoms with Gasteiger partial charge in [-0.2, -0.15) is 10.2 Å². The Labute approximate surface area is 272 Å². The van der Waals surface area contributed by atoms with E-state index in [4.69, 9.17) is 20.4 Å². The van der Waals surface area contributed by atoms with Crippen molar-refractivity contribution in [3.8, 4) is 17.2 Å². The molecule has 0 aliphatic carbocycles. The summed E-state index contributed by atoms with van der Waals surface area (Å²) in [7, 11) is 0. The lowest BCUT2D eigenvalue weighted by molar-refractivity contribution is 0.111. The molecule has 8 rings (SSSR count). The number of rotatable bonds is 6. The number of aliphatic hydroxyl groups excluding tert-OH is 1. The van der Waals surface area contributed by atoms with E-state index in [-0.39, 0.29) is 11.9 Å². The largest absolute Gasteiger partial charge is 0.392 e. The van der Waals surface area contributed by atoms with Crippen LogP contribution in [0.1, 0.15) is 62.3 Å². The predicted molar refractivity (Wildman–Crippen MR) is 181 cm³/mol. The number of hydrogen-bond donors (Lipinski definition) is 2. The molecule has 0 saturated carbocycles. The number of benzene rings is 2. The molecule has 0 spiro atoms. The second-order valence-electron chi connectivity index (χ2n) is 13.7. The number of β-amino-alcohol motifs (C(OH)–C–C–N with tert-alkyl or cyclic N) is 1. The fraction of sp³-hybridized carbons (Fsp3) is 0.514. The molecule has 0 amide bonds. The molecular formula is C35H40FN7O2S. The number of aliphatic hydroxyl groups is 1. The van der Waals surface area contributed by atoms with Crippen LogP contribution in [0.2, 0.25) is 0 Å². The van der Waals surface area contributed by atoms with Gasteiger partial charge in [-0.25, -0.2) is 9.37 Å². The van der Waals surface area contributed by atoms with Gasteiger partial charge >= 0.3 is 0 Å². The minimum Gasteiger partial charge on any atom is -0.392 e. The Balaban J connectivity index is 1.41. The van der Waals surface area contributed by atoms with Crippen LogP contribution in [0.4, 0.5) is 21.2 Å². The number of ether oxygens (including phenoxy) is 1. The Morgan fingerprint density at radius 2 is 1.89 bits per heavy atom. The van der Waals surface area contributed by atoms with Gasteiger partial charge in [-0.05, 0) is 72.4 Å². The average molecular weight is 642 g/mol. The molecule has 4 aliphatic heterocycles. The predicted octanol–water partition coefficient (Wildman–Crippen LogP) is 5.58. The van der Waals surface area contributed by atoms with Crippen LogP contribution in [0, 0.1) is 23.1 Å². The van der Waals surface area contributed by atoms with Gasteiger partial charge in [0.15, 0.2) is 0 Å². The van der Waals surface area contributed by atoms with E-state index >= 15 is 4.39 Å². The van der Waals surface area contributed by atoms with Crippen LogP contribution in [-0.2, 0) is 24.4 Å². The number of aromatic nitrogens is 2. The zero-order valence-corrected chi connectivity index (χ0v) is 27.5. The van der Waals surface area contributed by atoms with Crippen molar-refractivity contribution in [2.45, 2.75) is 77.9 Å². The Bertz CT molecular complexity index is 1910. The van der Waals surface area contributed by atoms with Crippen LogP contribution in [-0.4, -0.2) is 70.9 Å². The maximum absolute atomic E-state index is 15.2. The number of likely N-dealkylation sites (tertiary alicyclic amines) is 1. The van der Waals surface area contributed by atoms with Gasteiger partial charge in [-0.3, -0.25) is 4.90 Å². The second-order valence-corrected chi connectivity index (χ2v) is 14.7. The monoisotopic (exact) mass is 641 g/mol. The number of halogens is 1. The highest BCUT2D eigenvalue weighted by Gasteiger charge is 2.43. The van der Waals surface area contributed by atoms with Crippen molar-refractivity contribution in [2.75, 3.05) is 48.3 Å². The smallest absolute Gasteiger partial charge is 0.227 e. The molecule has 3 saturated heterocycles. The molecule has 4 aliphatic rings. The number of thiophene rings is 1. The Kier molecular flexibility index (Phi) is 7.33. The SMILES string of the molecule is CCc1c(-c2ccc(F)c3sc(N)c(C#N)c23)c2c(c3c(N4C5CCC4CN(CC(C)O)C5)nc(N4CCC(C)C4)nc13)COC2. The molecule has 4 unspecified atom stereocenters. The van der Waals surface area contributed by atoms with Crippen LogP contribution in [0.3, 0.4) is 0 Å². The number of nitriles is 1. The summed E-state index contributed by atoms with van der Waals surface area (Å²) in [5.41, 5.74) is 12.5. The summed E-state index contributed by atoms with van der Waals surface area (Å²) in [6.45, 7) is 11.5. The molecule has 4 aromatic rings. The molecule has 4 atom stereocenters. The number of nitrogens with two attached hydrogens (primary N) is 1. The molecule has 6 heterocycles. The summed E-state index contributed by atoms with van der Waals surface area (Å²) in [6.07, 6.45) is 3.61. The van der Waals surface area contributed by atoms with Gasteiger partial charge in [0.1, 0.15) is 22.7 Å². The molecule has 2 aromatic carbocycles. The first-order valence-corrected chi connectivity index (χ1v) is 17.4. The molecule has 2 aromatic heterocycles. The number of hydrogen-bond acceptors (Lipinski definition) is 10. The summed E-state index contributed by atoms with van der Waals surface area (Å²) in [4.78, 5) is 18.1. The number of aryl methyl sites for hydroxylation is 1. The number of nitrogen functional groups attached to an aromatic ring is 1. The first-order chi connectivity index (χ1) is 22.3. The van der Waals surface area contributed by atoms with E-state index in [1.165, 1.54) is 6.07 Å². The highest BCUT2D eigenvalue weighted by molar-refractivity contribution is 7.23. The van der Waals surface area contributed by atoms with Gasteiger partial charge in [-0.1, -0.05) is 19.9 Å². The fourth-order valence-corrected chi connectivity index (χ4v) is 9.54. The van der Waals surface area contributed by atoms with Crippen LogP contribution < -0.4 is 15.5 Å². The summed E-state index contributed by atoms with van der Waals surface area (Å²) < 4.78 is 21.8. The quantitative estimate of drug-likeness (QED) is 0.279. The van der Waals surface area contributed by atoms with E-state index in [0.29, 0.717) is 64.8 Å². The lowest BCUT2D eigenvalue weighted by Crippen LogP contribution is -2.55. The van der Waals surface area contributed by atoms with E-state index in [1.807, 2.05) is 6.92 Å². The van der Waals surface area contributed by atoms with Gasteiger partial charge in [0.25, 0.3) is 0 Å². The maximum Gasteiger partial charge on any atom is 0.227 e. The minimum absolute atomic E-state index is 0.298. The number of nitrogens with zero attached hydrogens (tertiary/aromatic N) is 6. The summed E-state index contributed by atoms with van der Waals surface area (Å²) in [5.74, 6) is 1.95. The zero-order chi connectivity index (χ0) is 31.9. The van der Waals surface area contributed by atoms with E-state index in [1.54, 1.807) is 6.07 Å². The van der Waals surface area contributed by atoms with E-state index < -0.39 is 0 Å². The molecule has 3 fully saturated rings. The molecule has 3 N–H and O–H groups in total. The van der Waals surface area contributed by atoms with Crippen LogP contribution >= 0.6 is 11.3 Å². The molecule has 2 bridgehead atoms. The average Bonchev–Trinajstić information content (AvgIpc) is 3.81. The third-order valence-electron chi connectivity index (χ3n) is 10.5. The van der Waals surface area contributed by atoms with Crippen molar-refractivity contribution in [3.63, 3.8) is 0 Å². The normalized spacial score (nSPS) is 23.5. The third kappa shape index (κ3) is 4.56. The molecule has 240 valence electrons. The maximum atomic E-state index is 15.2. The van der Waals surface area contributed by atoms with E-state index in [2.05, 4.69) is 34.6 Å². The second kappa shape index (κ2) is 11.3. The van der Waals surface area contributed by atoms with Gasteiger partial charge in [0.2, 0.25) is 5.95 Å². The molecule has 46 heavy (non-hydrogen) atoms. The van der Waals surface area contributed by atoms with Crippen molar-refractivity contribution < 1.29 is 14.2 Å². The number of fused-ring (bicyclic) bond motifs is 6. The van der Waals surface area contributed by atoms with Gasteiger partial charge in [0.05, 0.1) is 35.1 Å². The number of anilines is 3. The van der Waals surface area contributed by atoms with Gasteiger partial charge in [-0.15, -0.1) is 11.3 Å². The molecule has 9 nitrogen and oxygen atoms in total. The highest BCUT2D eigenvalue weighted by atomic mass is 32.1. The van der Waals surface area contributed by atoms with E-state index in [9.17, 15) is 10.4 Å². The first-order valence-electron chi connectivity index (χ1n) is 16.6. The third-order valence-corrected chi connectivity index (χ3v) is 11.5. The van der Waals surface area contributed by atoms with E-state index in [0.717, 1.165) is 107 Å². The number of piperazine rings is 1. The molecule has 11 heteroatoms. The fourth-order valence-electron chi connectivity index (χ4n) is 8.59. The van der Waals surface area contributed by atoms with Gasteiger partial charge in [0, 0.05) is 55.6 Å². The Morgan fingerprint density at radius 1 is 1.13 bits per heavy atom. The van der Waals surface area contributed by atoms with Gasteiger partial charge < -0.3 is 25.4 Å². The summed E-state index contributed by atoms with van der Waals surface area (Å²) >= 11 is 1.13. The topological polar surface area (TPSA) is 115 Å². The van der Waals surface area contributed by atoms with Crippen LogP contribution in [0.25, 0.3) is 32.1 Å². The first kappa shape index (κ1) is 29.8. The van der Waals surface area contributed by atoms with Crippen molar-refractivity contribution in [2.24, 2.45) is 5.92 Å². The van der Waals surface area contributed by atoms with Crippen molar-refractivity contribution in [1.29, 1.82) is 5.26 Å².